The summed E-state index contributed by atoms with van der Waals surface area (Å²) in [6, 6.07) is 19.0. The Bertz CT molecular complexity index is 666. The molecule has 0 amide bonds. The van der Waals surface area contributed by atoms with E-state index in [9.17, 15) is 0 Å². The molecule has 2 unspecified atom stereocenters. The van der Waals surface area contributed by atoms with Crippen LogP contribution in [0.4, 0.5) is 0 Å². The van der Waals surface area contributed by atoms with Crippen molar-refractivity contribution in [3.05, 3.63) is 65.7 Å². The molecule has 1 saturated heterocycles. The second kappa shape index (κ2) is 10.1. The lowest BCUT2D eigenvalue weighted by atomic mass is 9.95. The summed E-state index contributed by atoms with van der Waals surface area (Å²) in [5, 5.41) is 3.44. The number of nitrogens with one attached hydrogen (secondary N) is 1. The lowest BCUT2D eigenvalue weighted by Gasteiger charge is -2.42. The van der Waals surface area contributed by atoms with Crippen molar-refractivity contribution in [2.24, 2.45) is 0 Å². The number of benzene rings is 2. The Morgan fingerprint density at radius 3 is 2.42 bits per heavy atom. The fourth-order valence-corrected chi connectivity index (χ4v) is 3.63. The van der Waals surface area contributed by atoms with E-state index in [0.717, 1.165) is 31.9 Å². The van der Waals surface area contributed by atoms with Gasteiger partial charge in [0, 0.05) is 31.7 Å². The van der Waals surface area contributed by atoms with Crippen LogP contribution >= 0.6 is 24.8 Å². The largest absolute Gasteiger partial charge is 0.490 e. The number of nitrogens with zero attached hydrogens (tertiary/aromatic N) is 1. The number of halogens is 2. The number of hydrogen-bond donors (Lipinski definition) is 1. The highest BCUT2D eigenvalue weighted by atomic mass is 35.5. The zero-order valence-corrected chi connectivity index (χ0v) is 16.3. The summed E-state index contributed by atoms with van der Waals surface area (Å²) >= 11 is 0. The molecule has 142 valence electrons. The van der Waals surface area contributed by atoms with Crippen LogP contribution in [-0.2, 0) is 11.3 Å². The van der Waals surface area contributed by atoms with Crippen LogP contribution in [0.25, 0.3) is 0 Å². The van der Waals surface area contributed by atoms with Crippen molar-refractivity contribution in [1.29, 1.82) is 0 Å². The molecule has 1 fully saturated rings. The predicted molar refractivity (Wildman–Crippen MR) is 109 cm³/mol. The number of rotatable bonds is 4. The van der Waals surface area contributed by atoms with Crippen LogP contribution in [-0.4, -0.2) is 43.8 Å². The fraction of sp³-hybridized carbons (Fsp3) is 0.400. The van der Waals surface area contributed by atoms with E-state index in [1.54, 1.807) is 0 Å². The second-order valence-corrected chi connectivity index (χ2v) is 6.41. The Morgan fingerprint density at radius 1 is 0.962 bits per heavy atom. The zero-order chi connectivity index (χ0) is 16.2. The number of piperazine rings is 1. The SMILES string of the molecule is Cl.Cl.c1ccc(COC2COc3ccccc3C2N2CCNCC2)cc1. The van der Waals surface area contributed by atoms with Gasteiger partial charge in [0.1, 0.15) is 18.5 Å². The van der Waals surface area contributed by atoms with Crippen LogP contribution in [0.1, 0.15) is 17.2 Å². The quantitative estimate of drug-likeness (QED) is 0.857. The number of para-hydroxylation sites is 1. The first-order chi connectivity index (χ1) is 11.9. The zero-order valence-electron chi connectivity index (χ0n) is 14.7. The number of fused-ring (bicyclic) bond motifs is 1. The molecule has 0 spiro atoms. The van der Waals surface area contributed by atoms with Gasteiger partial charge in [-0.3, -0.25) is 4.90 Å². The summed E-state index contributed by atoms with van der Waals surface area (Å²) in [4.78, 5) is 2.54. The highest BCUT2D eigenvalue weighted by molar-refractivity contribution is 5.85. The van der Waals surface area contributed by atoms with E-state index in [4.69, 9.17) is 9.47 Å². The van der Waals surface area contributed by atoms with Gasteiger partial charge in [-0.05, 0) is 11.6 Å². The van der Waals surface area contributed by atoms with Gasteiger partial charge in [0.15, 0.2) is 0 Å². The Morgan fingerprint density at radius 2 is 1.65 bits per heavy atom. The van der Waals surface area contributed by atoms with Crippen molar-refractivity contribution in [3.63, 3.8) is 0 Å². The molecule has 0 aliphatic carbocycles. The maximum Gasteiger partial charge on any atom is 0.124 e. The van der Waals surface area contributed by atoms with Crippen LogP contribution in [0.3, 0.4) is 0 Å². The first kappa shape index (κ1) is 21.0. The molecule has 6 heteroatoms. The molecule has 1 N–H and O–H groups in total. The molecule has 2 heterocycles. The van der Waals surface area contributed by atoms with Gasteiger partial charge in [-0.2, -0.15) is 0 Å². The third kappa shape index (κ3) is 4.70. The lowest BCUT2D eigenvalue weighted by molar-refractivity contribution is -0.0617. The molecule has 4 rings (SSSR count). The van der Waals surface area contributed by atoms with E-state index in [0.29, 0.717) is 13.2 Å². The molecule has 0 saturated carbocycles. The van der Waals surface area contributed by atoms with Gasteiger partial charge >= 0.3 is 0 Å². The lowest BCUT2D eigenvalue weighted by Crippen LogP contribution is -2.51. The van der Waals surface area contributed by atoms with Crippen molar-refractivity contribution in [2.75, 3.05) is 32.8 Å². The van der Waals surface area contributed by atoms with E-state index in [2.05, 4.69) is 52.7 Å². The van der Waals surface area contributed by atoms with Gasteiger partial charge in [-0.25, -0.2) is 0 Å². The molecule has 26 heavy (non-hydrogen) atoms. The van der Waals surface area contributed by atoms with Crippen molar-refractivity contribution >= 4 is 24.8 Å². The number of ether oxygens (including phenoxy) is 2. The Hall–Kier alpha value is -1.30. The average molecular weight is 397 g/mol. The van der Waals surface area contributed by atoms with Gasteiger partial charge in [-0.1, -0.05) is 48.5 Å². The molecule has 2 aliphatic rings. The third-order valence-electron chi connectivity index (χ3n) is 4.84. The molecule has 4 nitrogen and oxygen atoms in total. The summed E-state index contributed by atoms with van der Waals surface area (Å²) < 4.78 is 12.3. The molecule has 0 radical (unpaired) electrons. The Labute approximate surface area is 167 Å². The topological polar surface area (TPSA) is 33.7 Å². The van der Waals surface area contributed by atoms with Crippen LogP contribution in [0, 0.1) is 0 Å². The van der Waals surface area contributed by atoms with Crippen molar-refractivity contribution < 1.29 is 9.47 Å². The molecule has 0 aromatic heterocycles. The van der Waals surface area contributed by atoms with Crippen LogP contribution in [0.15, 0.2) is 54.6 Å². The van der Waals surface area contributed by atoms with Crippen molar-refractivity contribution in [2.45, 2.75) is 18.8 Å². The van der Waals surface area contributed by atoms with E-state index < -0.39 is 0 Å². The van der Waals surface area contributed by atoms with Gasteiger partial charge in [0.25, 0.3) is 0 Å². The molecular weight excluding hydrogens is 371 g/mol. The molecular formula is C20H26Cl2N2O2. The van der Waals surface area contributed by atoms with Crippen molar-refractivity contribution in [3.8, 4) is 5.75 Å². The van der Waals surface area contributed by atoms with Gasteiger partial charge in [-0.15, -0.1) is 24.8 Å². The number of hydrogen-bond acceptors (Lipinski definition) is 4. The van der Waals surface area contributed by atoms with Gasteiger partial charge in [0.05, 0.1) is 12.6 Å². The minimum Gasteiger partial charge on any atom is -0.490 e. The van der Waals surface area contributed by atoms with Crippen LogP contribution in [0.2, 0.25) is 0 Å². The van der Waals surface area contributed by atoms with E-state index >= 15 is 0 Å². The predicted octanol–water partition coefficient (Wildman–Crippen LogP) is 3.45. The van der Waals surface area contributed by atoms with E-state index in [-0.39, 0.29) is 37.0 Å². The first-order valence-electron chi connectivity index (χ1n) is 8.74. The summed E-state index contributed by atoms with van der Waals surface area (Å²) in [7, 11) is 0. The summed E-state index contributed by atoms with van der Waals surface area (Å²) in [5.74, 6) is 1.00. The standard InChI is InChI=1S/C20H24N2O2.2ClH/c1-2-6-16(7-3-1)14-23-19-15-24-18-9-5-4-8-17(18)20(19)22-12-10-21-11-13-22;;/h1-9,19-21H,10-15H2;2*1H. The molecule has 2 atom stereocenters. The summed E-state index contributed by atoms with van der Waals surface area (Å²) in [5.41, 5.74) is 2.46. The summed E-state index contributed by atoms with van der Waals surface area (Å²) in [6.45, 7) is 5.39. The Kier molecular flexibility index (Phi) is 8.19. The van der Waals surface area contributed by atoms with Crippen molar-refractivity contribution in [1.82, 2.24) is 10.2 Å². The first-order valence-corrected chi connectivity index (χ1v) is 8.74. The fourth-order valence-electron chi connectivity index (χ4n) is 3.63. The van der Waals surface area contributed by atoms with E-state index in [1.807, 2.05) is 12.1 Å². The highest BCUT2D eigenvalue weighted by Crippen LogP contribution is 2.37. The molecule has 2 aromatic rings. The maximum absolute atomic E-state index is 6.30. The van der Waals surface area contributed by atoms with Crippen LogP contribution in [0.5, 0.6) is 5.75 Å². The smallest absolute Gasteiger partial charge is 0.124 e. The molecule has 2 aliphatic heterocycles. The van der Waals surface area contributed by atoms with E-state index in [1.165, 1.54) is 11.1 Å². The van der Waals surface area contributed by atoms with Crippen LogP contribution < -0.4 is 10.1 Å². The monoisotopic (exact) mass is 396 g/mol. The van der Waals surface area contributed by atoms with Gasteiger partial charge in [0.2, 0.25) is 0 Å². The Balaban J connectivity index is 0.00000121. The summed E-state index contributed by atoms with van der Waals surface area (Å²) in [6.07, 6.45) is 0.0539. The molecule has 0 bridgehead atoms. The highest BCUT2D eigenvalue weighted by Gasteiger charge is 2.36. The maximum atomic E-state index is 6.30. The normalized spacial score (nSPS) is 22.3. The molecule has 2 aromatic carbocycles. The second-order valence-electron chi connectivity index (χ2n) is 6.41. The third-order valence-corrected chi connectivity index (χ3v) is 4.84. The minimum absolute atomic E-state index is 0. The van der Waals surface area contributed by atoms with Gasteiger partial charge < -0.3 is 14.8 Å². The minimum atomic E-state index is 0. The average Bonchev–Trinajstić information content (AvgIpc) is 2.67.